The molecule has 1 saturated carbocycles. The van der Waals surface area contributed by atoms with Crippen molar-refractivity contribution in [1.82, 2.24) is 0 Å². The van der Waals surface area contributed by atoms with Gasteiger partial charge in [0, 0.05) is 5.92 Å². The molecule has 1 aromatic rings. The van der Waals surface area contributed by atoms with Crippen LogP contribution in [0.15, 0.2) is 30.4 Å². The third-order valence-electron chi connectivity index (χ3n) is 4.04. The molecule has 0 unspecified atom stereocenters. The molecule has 1 aromatic carbocycles. The third kappa shape index (κ3) is 4.62. The van der Waals surface area contributed by atoms with Crippen molar-refractivity contribution in [3.05, 3.63) is 47.3 Å². The Bertz CT molecular complexity index is 594. The number of halogens is 4. The van der Waals surface area contributed by atoms with E-state index in [4.69, 9.17) is 0 Å². The predicted octanol–water partition coefficient (Wildman–Crippen LogP) is 5.59. The minimum absolute atomic E-state index is 0.205. The van der Waals surface area contributed by atoms with Crippen LogP contribution in [0.2, 0.25) is 0 Å². The highest BCUT2D eigenvalue weighted by atomic mass is 19.4. The number of allylic oxidation sites excluding steroid dienone is 2. The second-order valence-electron chi connectivity index (χ2n) is 5.62. The van der Waals surface area contributed by atoms with Crippen LogP contribution in [0, 0.1) is 23.6 Å². The maximum absolute atomic E-state index is 13.9. The molecular weight excluding hydrogens is 292 g/mol. The van der Waals surface area contributed by atoms with Gasteiger partial charge in [-0.3, -0.25) is 0 Å². The molecule has 0 N–H and O–H groups in total. The number of hydrogen-bond acceptors (Lipinski definition) is 0. The summed E-state index contributed by atoms with van der Waals surface area (Å²) in [6.07, 6.45) is 3.73. The van der Waals surface area contributed by atoms with Gasteiger partial charge in [0.05, 0.1) is 5.56 Å². The fourth-order valence-electron chi connectivity index (χ4n) is 2.94. The van der Waals surface area contributed by atoms with E-state index in [9.17, 15) is 17.6 Å². The minimum atomic E-state index is -4.60. The molecule has 0 aliphatic heterocycles. The number of benzene rings is 1. The molecule has 0 amide bonds. The van der Waals surface area contributed by atoms with Gasteiger partial charge in [-0.25, -0.2) is 4.39 Å². The van der Waals surface area contributed by atoms with Gasteiger partial charge in [0.15, 0.2) is 0 Å². The van der Waals surface area contributed by atoms with E-state index in [0.717, 1.165) is 37.2 Å². The molecule has 0 radical (unpaired) electrons. The summed E-state index contributed by atoms with van der Waals surface area (Å²) in [6.45, 7) is 2.00. The molecule has 0 heterocycles. The Kier molecular flexibility index (Phi) is 5.28. The van der Waals surface area contributed by atoms with Crippen molar-refractivity contribution in [3.8, 4) is 11.8 Å². The van der Waals surface area contributed by atoms with E-state index >= 15 is 0 Å². The highest BCUT2D eigenvalue weighted by Gasteiger charge is 2.24. The molecule has 2 rings (SSSR count). The lowest BCUT2D eigenvalue weighted by Gasteiger charge is -2.27. The van der Waals surface area contributed by atoms with Crippen molar-refractivity contribution >= 4 is 0 Å². The third-order valence-corrected chi connectivity index (χ3v) is 4.04. The molecule has 0 spiro atoms. The fraction of sp³-hybridized carbons (Fsp3) is 0.444. The summed E-state index contributed by atoms with van der Waals surface area (Å²) < 4.78 is 50.0. The maximum atomic E-state index is 13.9. The zero-order valence-corrected chi connectivity index (χ0v) is 12.4. The smallest absolute Gasteiger partial charge is 0.206 e. The molecule has 118 valence electrons. The molecular formula is C18H18F4. The van der Waals surface area contributed by atoms with Crippen molar-refractivity contribution in [2.45, 2.75) is 44.7 Å². The summed E-state index contributed by atoms with van der Waals surface area (Å²) in [6, 6.07) is 4.38. The van der Waals surface area contributed by atoms with Gasteiger partial charge in [0.1, 0.15) is 5.82 Å². The summed E-state index contributed by atoms with van der Waals surface area (Å²) in [4.78, 5) is 0. The van der Waals surface area contributed by atoms with Crippen molar-refractivity contribution in [2.75, 3.05) is 0 Å². The normalized spacial score (nSPS) is 22.4. The average Bonchev–Trinajstić information content (AvgIpc) is 2.46. The Balaban J connectivity index is 2.08. The molecule has 0 nitrogen and oxygen atoms in total. The monoisotopic (exact) mass is 310 g/mol. The zero-order chi connectivity index (χ0) is 16.2. The van der Waals surface area contributed by atoms with Gasteiger partial charge < -0.3 is 0 Å². The second kappa shape index (κ2) is 7.00. The van der Waals surface area contributed by atoms with Gasteiger partial charge in [-0.15, -0.1) is 0 Å². The largest absolute Gasteiger partial charge is 0.458 e. The van der Waals surface area contributed by atoms with Crippen molar-refractivity contribution in [2.24, 2.45) is 5.92 Å². The minimum Gasteiger partial charge on any atom is -0.206 e. The lowest BCUT2D eigenvalue weighted by atomic mass is 9.78. The van der Waals surface area contributed by atoms with Crippen LogP contribution in [-0.4, -0.2) is 6.18 Å². The number of alkyl halides is 3. The van der Waals surface area contributed by atoms with Gasteiger partial charge in [0.25, 0.3) is 0 Å². The van der Waals surface area contributed by atoms with Crippen LogP contribution in [-0.2, 0) is 0 Å². The SMILES string of the molecule is CC=CC1CCC(c2ccc(C#CC(F)(F)F)c(F)c2)CC1. The Morgan fingerprint density at radius 1 is 1.14 bits per heavy atom. The first-order valence-electron chi connectivity index (χ1n) is 7.41. The summed E-state index contributed by atoms with van der Waals surface area (Å²) in [5.74, 6) is 3.14. The lowest BCUT2D eigenvalue weighted by Crippen LogP contribution is -2.12. The summed E-state index contributed by atoms with van der Waals surface area (Å²) >= 11 is 0. The molecule has 1 aliphatic rings. The van der Waals surface area contributed by atoms with E-state index in [-0.39, 0.29) is 11.5 Å². The predicted molar refractivity (Wildman–Crippen MR) is 78.8 cm³/mol. The van der Waals surface area contributed by atoms with Crippen LogP contribution in [0.3, 0.4) is 0 Å². The fourth-order valence-corrected chi connectivity index (χ4v) is 2.94. The van der Waals surface area contributed by atoms with E-state index in [0.29, 0.717) is 5.92 Å². The Morgan fingerprint density at radius 2 is 1.82 bits per heavy atom. The zero-order valence-electron chi connectivity index (χ0n) is 12.4. The molecule has 22 heavy (non-hydrogen) atoms. The molecule has 0 bridgehead atoms. The quantitative estimate of drug-likeness (QED) is 0.379. The topological polar surface area (TPSA) is 0 Å². The average molecular weight is 310 g/mol. The Hall–Kier alpha value is -1.76. The molecule has 0 atom stereocenters. The molecule has 1 fully saturated rings. The van der Waals surface area contributed by atoms with Crippen LogP contribution in [0.1, 0.15) is 49.7 Å². The van der Waals surface area contributed by atoms with Crippen molar-refractivity contribution < 1.29 is 17.6 Å². The van der Waals surface area contributed by atoms with Gasteiger partial charge in [-0.05, 0) is 62.1 Å². The summed E-state index contributed by atoms with van der Waals surface area (Å²) in [7, 11) is 0. The Morgan fingerprint density at radius 3 is 2.36 bits per heavy atom. The van der Waals surface area contributed by atoms with Crippen LogP contribution in [0.25, 0.3) is 0 Å². The van der Waals surface area contributed by atoms with E-state index in [1.54, 1.807) is 6.07 Å². The first-order chi connectivity index (χ1) is 10.4. The molecule has 0 aromatic heterocycles. The van der Waals surface area contributed by atoms with Crippen LogP contribution >= 0.6 is 0 Å². The second-order valence-corrected chi connectivity index (χ2v) is 5.62. The van der Waals surface area contributed by atoms with Crippen LogP contribution in [0.4, 0.5) is 17.6 Å². The molecule has 4 heteroatoms. The molecule has 0 saturated heterocycles. The van der Waals surface area contributed by atoms with Crippen molar-refractivity contribution in [1.29, 1.82) is 0 Å². The van der Waals surface area contributed by atoms with E-state index in [2.05, 4.69) is 12.2 Å². The highest BCUT2D eigenvalue weighted by molar-refractivity contribution is 5.39. The summed E-state index contributed by atoms with van der Waals surface area (Å²) in [5, 5.41) is 0. The number of hydrogen-bond donors (Lipinski definition) is 0. The first kappa shape index (κ1) is 16.6. The van der Waals surface area contributed by atoms with E-state index in [1.807, 2.05) is 12.8 Å². The van der Waals surface area contributed by atoms with Gasteiger partial charge >= 0.3 is 6.18 Å². The standard InChI is InChI=1S/C18H18F4/c1-2-3-13-4-6-14(7-5-13)16-9-8-15(17(19)12-16)10-11-18(20,21)22/h2-3,8-9,12-14H,4-7H2,1H3. The number of rotatable bonds is 2. The Labute approximate surface area is 128 Å². The molecule has 1 aliphatic carbocycles. The lowest BCUT2D eigenvalue weighted by molar-refractivity contribution is -0.0696. The van der Waals surface area contributed by atoms with Crippen molar-refractivity contribution in [3.63, 3.8) is 0 Å². The van der Waals surface area contributed by atoms with Crippen LogP contribution in [0.5, 0.6) is 0 Å². The first-order valence-corrected chi connectivity index (χ1v) is 7.41. The van der Waals surface area contributed by atoms with Gasteiger partial charge in [0.2, 0.25) is 0 Å². The summed E-state index contributed by atoms with van der Waals surface area (Å²) in [5.41, 5.74) is 0.651. The van der Waals surface area contributed by atoms with Gasteiger partial charge in [-0.1, -0.05) is 24.1 Å². The highest BCUT2D eigenvalue weighted by Crippen LogP contribution is 2.36. The van der Waals surface area contributed by atoms with E-state index in [1.165, 1.54) is 12.1 Å². The van der Waals surface area contributed by atoms with Crippen LogP contribution < -0.4 is 0 Å². The van der Waals surface area contributed by atoms with Gasteiger partial charge in [-0.2, -0.15) is 13.2 Å². The van der Waals surface area contributed by atoms with E-state index < -0.39 is 12.0 Å². The maximum Gasteiger partial charge on any atom is 0.458 e.